The van der Waals surface area contributed by atoms with Gasteiger partial charge in [0.2, 0.25) is 0 Å². The Labute approximate surface area is 607 Å². The number of ether oxygens (including phenoxy) is 5. The fraction of sp³-hybridized carbons (Fsp3) is 0.307. The molecule has 29 heteroatoms. The van der Waals surface area contributed by atoms with Gasteiger partial charge in [0.25, 0.3) is 23.6 Å². The molecule has 0 radical (unpaired) electrons. The summed E-state index contributed by atoms with van der Waals surface area (Å²) in [6, 6.07) is 37.8. The number of carbonyl (C=O) groups excluding carboxylic acids is 6. The number of hydrogen-bond acceptors (Lipinski definition) is 17. The Hall–Kier alpha value is -11.8. The van der Waals surface area contributed by atoms with Crippen molar-refractivity contribution in [3.8, 4) is 34.8 Å². The van der Waals surface area contributed by atoms with E-state index in [9.17, 15) is 42.7 Å². The van der Waals surface area contributed by atoms with E-state index < -0.39 is 34.6 Å². The first kappa shape index (κ1) is 73.4. The zero-order valence-electron chi connectivity index (χ0n) is 62.5. The number of nitriles is 1. The molecule has 104 heavy (non-hydrogen) atoms. The van der Waals surface area contributed by atoms with Crippen molar-refractivity contribution in [3.63, 3.8) is 0 Å². The Morgan fingerprint density at radius 1 is 0.673 bits per heavy atom. The van der Waals surface area contributed by atoms with Crippen LogP contribution in [0.1, 0.15) is 128 Å². The molecule has 548 valence electrons. The van der Waals surface area contributed by atoms with E-state index >= 15 is 0 Å². The number of rotatable bonds is 20. The van der Waals surface area contributed by atoms with E-state index in [1.54, 1.807) is 72.8 Å². The minimum absolute atomic E-state index is 0.0142. The van der Waals surface area contributed by atoms with Gasteiger partial charge in [-0.15, -0.1) is 0 Å². The number of halogens is 1. The fourth-order valence-electron chi connectivity index (χ4n) is 10.6. The maximum absolute atomic E-state index is 12.9. The Morgan fingerprint density at radius 3 is 1.58 bits per heavy atom. The first-order valence-corrected chi connectivity index (χ1v) is 33.3. The van der Waals surface area contributed by atoms with Crippen LogP contribution in [0.4, 0.5) is 20.7 Å². The quantitative estimate of drug-likeness (QED) is 0.0253. The number of nitrogens with zero attached hydrogens (tertiary/aromatic N) is 5. The van der Waals surface area contributed by atoms with Crippen LogP contribution in [0, 0.1) is 11.3 Å². The van der Waals surface area contributed by atoms with E-state index in [4.69, 9.17) is 45.0 Å². The number of amides is 5. The number of carboxylic acid groups (broad SMARTS) is 1. The summed E-state index contributed by atoms with van der Waals surface area (Å²) in [4.78, 5) is 113. The Bertz CT molecular complexity index is 4860. The summed E-state index contributed by atoms with van der Waals surface area (Å²) in [5, 5.41) is 32.3. The maximum Gasteiger partial charge on any atom is 0.417 e. The molecule has 3 saturated heterocycles. The zero-order valence-corrected chi connectivity index (χ0v) is 59.4. The lowest BCUT2D eigenvalue weighted by Gasteiger charge is -2.30. The van der Waals surface area contributed by atoms with E-state index in [0.29, 0.717) is 87.4 Å². The van der Waals surface area contributed by atoms with Gasteiger partial charge in [0.1, 0.15) is 29.0 Å². The molecular weight excluding hydrogens is 1360 g/mol. The summed E-state index contributed by atoms with van der Waals surface area (Å²) in [7, 11) is 3.09. The normalized spacial score (nSPS) is 12.7. The lowest BCUT2D eigenvalue weighted by atomic mass is 10.1. The van der Waals surface area contributed by atoms with Crippen LogP contribution in [0.3, 0.4) is 0 Å². The number of fused-ring (bicyclic) bond motifs is 4. The number of aromatic nitrogens is 5. The van der Waals surface area contributed by atoms with Gasteiger partial charge in [-0.2, -0.15) is 20.0 Å². The highest BCUT2D eigenvalue weighted by molar-refractivity contribution is 6.92. The summed E-state index contributed by atoms with van der Waals surface area (Å²) >= 11 is 0. The van der Waals surface area contributed by atoms with E-state index in [2.05, 4.69) is 41.2 Å². The van der Waals surface area contributed by atoms with Crippen LogP contribution < -0.4 is 56.4 Å². The number of nitrogens with two attached hydrogens (primary N) is 1. The monoisotopic (exact) mass is 1450 g/mol. The minimum Gasteiger partial charge on any atom is -0.493 e. The molecule has 10 aromatic rings. The SMILES string of the molecule is C1CNC1.CCCNC(=O)c1cc2cc(C(=O)N3CCC3)ccc2[nH]1.CCCNC(=O)c1cc2cc(C(=O)O)ccc2[nH]1.COc1cc(C#N)c(NC(=O)Oc2ccccc2)cc1OC.COc1cc2nc(=O)n(CCCC(=O)c3cc4cc(C(=O)N5CCC5)ccc4[nH]3)c(N)c2cc1OC.[2H]CF.[3H]P([3H])[3H]. The highest BCUT2D eigenvalue weighted by Crippen LogP contribution is 2.35. The van der Waals surface area contributed by atoms with Crippen molar-refractivity contribution in [3.05, 3.63) is 177 Å². The van der Waals surface area contributed by atoms with Crippen molar-refractivity contribution in [2.24, 2.45) is 0 Å². The first-order chi connectivity index (χ1) is 52.0. The van der Waals surface area contributed by atoms with Crippen molar-refractivity contribution in [1.82, 2.24) is 50.3 Å². The third-order valence-corrected chi connectivity index (χ3v) is 16.6. The molecule has 0 saturated carbocycles. The number of ketones is 1. The predicted molar refractivity (Wildman–Crippen MR) is 401 cm³/mol. The largest absolute Gasteiger partial charge is 0.493 e. The number of likely N-dealkylation sites (tertiary alicyclic amines) is 2. The molecule has 6 aromatic carbocycles. The number of anilines is 2. The van der Waals surface area contributed by atoms with E-state index in [0.717, 1.165) is 84.6 Å². The topological polar surface area (TPSA) is 373 Å². The van der Waals surface area contributed by atoms with Crippen molar-refractivity contribution in [2.75, 3.05) is 99.0 Å². The van der Waals surface area contributed by atoms with Gasteiger partial charge in [-0.1, -0.05) is 32.0 Å². The second-order valence-corrected chi connectivity index (χ2v) is 23.5. The number of nitrogens with one attached hydrogen (secondary N) is 7. The summed E-state index contributed by atoms with van der Waals surface area (Å²) in [5.41, 5.74) is 12.1. The van der Waals surface area contributed by atoms with Crippen LogP contribution in [0.2, 0.25) is 0 Å². The number of nitrogen functional groups attached to an aromatic ring is 1. The molecule has 5 amide bonds. The number of Topliss-reactive ketones (excluding diaryl/α,β-unsaturated/α-hetero) is 1. The van der Waals surface area contributed by atoms with Gasteiger partial charge in [0, 0.05) is 120 Å². The van der Waals surface area contributed by atoms with Gasteiger partial charge in [-0.05, 0) is 143 Å². The molecule has 7 heterocycles. The summed E-state index contributed by atoms with van der Waals surface area (Å²) in [5.74, 6) is 1.13. The summed E-state index contributed by atoms with van der Waals surface area (Å²) in [6.45, 7) is 11.3. The fourth-order valence-corrected chi connectivity index (χ4v) is 10.6. The number of aromatic amines is 3. The molecule has 0 aliphatic carbocycles. The average Bonchev–Trinajstić information content (AvgIpc) is 1.06. The molecule has 0 spiro atoms. The zero-order chi connectivity index (χ0) is 78.4. The number of aromatic carboxylic acids is 1. The Balaban J connectivity index is 0.000000197. The van der Waals surface area contributed by atoms with Crippen LogP contribution in [0.5, 0.6) is 28.7 Å². The Kier molecular flexibility index (Phi) is 27.4. The molecule has 10 N–H and O–H groups in total. The lowest BCUT2D eigenvalue weighted by Crippen LogP contribution is -2.41. The average molecular weight is 1450 g/mol. The number of para-hydroxylation sites is 1. The maximum atomic E-state index is 12.9. The number of H-pyrrole nitrogens is 3. The number of carbonyl (C=O) groups is 7. The lowest BCUT2D eigenvalue weighted by molar-refractivity contribution is 0.0645. The van der Waals surface area contributed by atoms with Crippen LogP contribution in [-0.4, -0.2) is 173 Å². The first-order valence-electron chi connectivity index (χ1n) is 35.3. The number of benzene rings is 6. The van der Waals surface area contributed by atoms with Crippen LogP contribution >= 0.6 is 9.73 Å². The molecule has 3 aliphatic heterocycles. The second kappa shape index (κ2) is 38.8. The predicted octanol–water partition coefficient (Wildman–Crippen LogP) is 11.0. The van der Waals surface area contributed by atoms with Crippen LogP contribution in [0.15, 0.2) is 132 Å². The molecule has 4 aromatic heterocycles. The number of hydrogen-bond donors (Lipinski definition) is 9. The highest BCUT2D eigenvalue weighted by Gasteiger charge is 2.25. The standard InChI is InChI=1S/C26H27N5O5.C16H19N3O2.C16H14N2O4.C13H14N2O3.C3H7N.CH3F.H3P/c1-35-22-13-17-19(14-23(22)36-2)29-26(34)31(24(17)27)10-3-5-21(32)20-12-16-11-15(6-7-18(16)28-20)25(33)30-8-4-9-30;1-2-6-17-15(20)14-10-12-9-11(4-5-13(12)18-14)16(21)19-7-3-8-19;1-20-14-8-11(10-17)13(9-15(14)21-2)18-16(19)22-12-6-4-3-5-7-12;1-2-5-14-12(16)11-7-9-6-8(13(17)18)3-4-10(9)15-11;1-2-4-3-1;1-2;/h6-7,11-14,28H,3-5,8-10,27H2,1-2H3;4-5,9-10,18H,2-3,6-8H2,1H3,(H,17,20);3-9H,1-2H3,(H,18,19);3-4,6-7,15H,2,5H2,1H3,(H,14,16)(H,17,18);4H,1-3H2;1H3;1H3/i;;;;;1D;1T3. The summed E-state index contributed by atoms with van der Waals surface area (Å²) < 4.78 is 60.8. The smallest absolute Gasteiger partial charge is 0.417 e. The van der Waals surface area contributed by atoms with E-state index in [1.165, 1.54) is 70.7 Å². The third-order valence-electron chi connectivity index (χ3n) is 16.6. The van der Waals surface area contributed by atoms with Gasteiger partial charge >= 0.3 is 17.8 Å². The van der Waals surface area contributed by atoms with Crippen LogP contribution in [-0.2, 0) is 6.54 Å². The third kappa shape index (κ3) is 20.5. The molecule has 27 nitrogen and oxygen atoms in total. The van der Waals surface area contributed by atoms with Crippen molar-refractivity contribution >= 4 is 106 Å². The van der Waals surface area contributed by atoms with E-state index in [1.807, 2.05) is 66.1 Å². The van der Waals surface area contributed by atoms with Crippen molar-refractivity contribution in [1.29, 1.82) is 9.10 Å². The van der Waals surface area contributed by atoms with Gasteiger partial charge in [0.15, 0.2) is 28.8 Å². The highest BCUT2D eigenvalue weighted by atomic mass is 31.0. The Morgan fingerprint density at radius 2 is 1.12 bits per heavy atom. The van der Waals surface area contributed by atoms with E-state index in [-0.39, 0.29) is 65.0 Å². The molecular formula is C75H87FN13O14P. The van der Waals surface area contributed by atoms with Gasteiger partial charge in [-0.25, -0.2) is 14.4 Å². The second-order valence-electron chi connectivity index (χ2n) is 23.5. The van der Waals surface area contributed by atoms with Gasteiger partial charge in [0.05, 0.1) is 68.8 Å². The summed E-state index contributed by atoms with van der Waals surface area (Å²) in [6.07, 6.45) is 5.19. The van der Waals surface area contributed by atoms with Gasteiger partial charge < -0.3 is 75.2 Å². The number of methoxy groups -OCH3 is 4. The molecule has 0 unspecified atom stereocenters. The molecule has 3 aliphatic rings. The van der Waals surface area contributed by atoms with Crippen molar-refractivity contribution in [2.45, 2.75) is 65.3 Å². The van der Waals surface area contributed by atoms with Crippen molar-refractivity contribution < 1.29 is 68.1 Å². The molecule has 0 bridgehead atoms. The van der Waals surface area contributed by atoms with Gasteiger partial charge in [-0.3, -0.25) is 38.2 Å². The number of carboxylic acids is 1. The molecule has 13 rings (SSSR count). The minimum atomic E-state index is -1.87. The molecule has 0 atom stereocenters. The van der Waals surface area contributed by atoms with Crippen LogP contribution in [0.25, 0.3) is 43.6 Å². The molecule has 3 fully saturated rings. The number of alkyl halides is 1.